The minimum Gasteiger partial charge on any atom is -0.379 e. The van der Waals surface area contributed by atoms with Crippen LogP contribution in [0.4, 0.5) is 13.2 Å². The summed E-state index contributed by atoms with van der Waals surface area (Å²) < 4.78 is 57.0. The number of ether oxygens (including phenoxy) is 3. The molecule has 1 N–H and O–H groups in total. The summed E-state index contributed by atoms with van der Waals surface area (Å²) in [5, 5.41) is 3.72. The van der Waals surface area contributed by atoms with Gasteiger partial charge in [-0.05, 0) is 76.0 Å². The SMILES string of the molecule is CO[C@H]1COCC[C@H]1NC1CCN(C(=O)c2ncnc(CC[C@@H]3CCC[C@H](c4cccc(C(F)(F)F)c4)O3)c2C)CC1. The molecule has 0 bridgehead atoms. The first-order chi connectivity index (χ1) is 20.2. The van der Waals surface area contributed by atoms with Crippen molar-refractivity contribution in [2.75, 3.05) is 33.4 Å². The Morgan fingerprint density at radius 2 is 1.95 bits per heavy atom. The van der Waals surface area contributed by atoms with Gasteiger partial charge in [-0.1, -0.05) is 12.1 Å². The fraction of sp³-hybridized carbons (Fsp3) is 0.645. The fourth-order valence-corrected chi connectivity index (χ4v) is 6.36. The highest BCUT2D eigenvalue weighted by atomic mass is 19.4. The van der Waals surface area contributed by atoms with Crippen LogP contribution >= 0.6 is 0 Å². The van der Waals surface area contributed by atoms with Crippen molar-refractivity contribution in [1.82, 2.24) is 20.2 Å². The van der Waals surface area contributed by atoms with E-state index in [9.17, 15) is 18.0 Å². The number of rotatable bonds is 8. The summed E-state index contributed by atoms with van der Waals surface area (Å²) in [4.78, 5) is 24.1. The van der Waals surface area contributed by atoms with Gasteiger partial charge in [0.05, 0.1) is 30.5 Å². The molecular weight excluding hydrogens is 549 g/mol. The Labute approximate surface area is 245 Å². The normalized spacial score (nSPS) is 25.9. The van der Waals surface area contributed by atoms with Crippen LogP contribution in [-0.2, 0) is 26.8 Å². The number of nitrogens with zero attached hydrogens (tertiary/aromatic N) is 3. The van der Waals surface area contributed by atoms with Crippen LogP contribution in [0, 0.1) is 6.92 Å². The summed E-state index contributed by atoms with van der Waals surface area (Å²) in [6, 6.07) is 6.01. The minimum absolute atomic E-state index is 0.0472. The summed E-state index contributed by atoms with van der Waals surface area (Å²) in [5.41, 5.74) is 1.92. The van der Waals surface area contributed by atoms with E-state index in [1.165, 1.54) is 18.5 Å². The Bertz CT molecular complexity index is 1200. The lowest BCUT2D eigenvalue weighted by atomic mass is 9.94. The van der Waals surface area contributed by atoms with Crippen molar-refractivity contribution >= 4 is 5.91 Å². The Balaban J connectivity index is 1.14. The van der Waals surface area contributed by atoms with Crippen LogP contribution in [0.5, 0.6) is 0 Å². The number of methoxy groups -OCH3 is 1. The van der Waals surface area contributed by atoms with Gasteiger partial charge in [-0.2, -0.15) is 13.2 Å². The zero-order valence-electron chi connectivity index (χ0n) is 24.4. The van der Waals surface area contributed by atoms with Crippen LogP contribution in [0.1, 0.15) is 83.9 Å². The lowest BCUT2D eigenvalue weighted by molar-refractivity contribution is -0.137. The first-order valence-electron chi connectivity index (χ1n) is 15.0. The first-order valence-corrected chi connectivity index (χ1v) is 15.0. The zero-order valence-corrected chi connectivity index (χ0v) is 24.4. The van der Waals surface area contributed by atoms with Gasteiger partial charge in [0.1, 0.15) is 12.0 Å². The van der Waals surface area contributed by atoms with Crippen molar-refractivity contribution in [2.45, 2.75) is 94.9 Å². The van der Waals surface area contributed by atoms with Crippen molar-refractivity contribution < 1.29 is 32.2 Å². The van der Waals surface area contributed by atoms with Crippen molar-refractivity contribution in [3.05, 3.63) is 58.7 Å². The molecule has 0 saturated carbocycles. The molecule has 5 rings (SSSR count). The third kappa shape index (κ3) is 7.48. The van der Waals surface area contributed by atoms with Gasteiger partial charge in [-0.25, -0.2) is 9.97 Å². The van der Waals surface area contributed by atoms with Crippen molar-refractivity contribution in [3.63, 3.8) is 0 Å². The second-order valence-electron chi connectivity index (χ2n) is 11.6. The highest BCUT2D eigenvalue weighted by molar-refractivity contribution is 5.93. The van der Waals surface area contributed by atoms with Gasteiger partial charge in [-0.3, -0.25) is 4.79 Å². The quantitative estimate of drug-likeness (QED) is 0.461. The van der Waals surface area contributed by atoms with E-state index < -0.39 is 11.7 Å². The van der Waals surface area contributed by atoms with E-state index in [1.807, 2.05) is 11.8 Å². The number of carbonyl (C=O) groups is 1. The van der Waals surface area contributed by atoms with Crippen LogP contribution in [-0.4, -0.2) is 78.5 Å². The van der Waals surface area contributed by atoms with E-state index in [-0.39, 0.29) is 30.3 Å². The Kier molecular flexibility index (Phi) is 10.1. The number of aryl methyl sites for hydroxylation is 1. The maximum Gasteiger partial charge on any atom is 0.416 e. The molecule has 8 nitrogen and oxygen atoms in total. The first kappa shape index (κ1) is 30.8. The number of alkyl halides is 3. The van der Waals surface area contributed by atoms with Crippen molar-refractivity contribution in [3.8, 4) is 0 Å². The van der Waals surface area contributed by atoms with Gasteiger partial charge in [0.25, 0.3) is 5.91 Å². The summed E-state index contributed by atoms with van der Waals surface area (Å²) in [7, 11) is 1.72. The molecule has 0 aliphatic carbocycles. The third-order valence-corrected chi connectivity index (χ3v) is 8.87. The molecule has 2 aromatic rings. The smallest absolute Gasteiger partial charge is 0.379 e. The van der Waals surface area contributed by atoms with Crippen LogP contribution < -0.4 is 5.32 Å². The number of piperidine rings is 1. The number of nitrogens with one attached hydrogen (secondary N) is 1. The number of aromatic nitrogens is 2. The van der Waals surface area contributed by atoms with Gasteiger partial charge >= 0.3 is 6.18 Å². The molecule has 0 radical (unpaired) electrons. The Morgan fingerprint density at radius 1 is 1.14 bits per heavy atom. The minimum atomic E-state index is -4.38. The number of hydrogen-bond donors (Lipinski definition) is 1. The number of hydrogen-bond acceptors (Lipinski definition) is 7. The van der Waals surface area contributed by atoms with E-state index in [2.05, 4.69) is 15.3 Å². The predicted molar refractivity (Wildman–Crippen MR) is 150 cm³/mol. The zero-order chi connectivity index (χ0) is 29.7. The fourth-order valence-electron chi connectivity index (χ4n) is 6.36. The monoisotopic (exact) mass is 590 g/mol. The molecule has 42 heavy (non-hydrogen) atoms. The third-order valence-electron chi connectivity index (χ3n) is 8.87. The molecule has 1 aromatic carbocycles. The van der Waals surface area contributed by atoms with Gasteiger partial charge in [0.15, 0.2) is 0 Å². The highest BCUT2D eigenvalue weighted by Gasteiger charge is 2.33. The molecular formula is C31H41F3N4O4. The summed E-state index contributed by atoms with van der Waals surface area (Å²) in [5.74, 6) is -0.0750. The number of halogens is 3. The molecule has 3 aliphatic heterocycles. The van der Waals surface area contributed by atoms with Crippen molar-refractivity contribution in [1.29, 1.82) is 0 Å². The maximum atomic E-state index is 13.4. The standard InChI is InChI=1S/C31H41F3N4O4/c1-20-25(10-9-24-7-4-8-27(42-24)21-5-3-6-22(17-21)31(32,33)34)35-19-36-29(20)30(39)38-14-11-23(12-15-38)37-26-13-16-41-18-28(26)40-2/h3,5-6,17,19,23-24,26-28,37H,4,7-16,18H2,1-2H3/t24-,26+,27+,28-/m0/s1. The number of carbonyl (C=O) groups excluding carboxylic acids is 1. The predicted octanol–water partition coefficient (Wildman–Crippen LogP) is 5.04. The number of amides is 1. The van der Waals surface area contributed by atoms with Crippen molar-refractivity contribution in [2.24, 2.45) is 0 Å². The maximum absolute atomic E-state index is 13.4. The summed E-state index contributed by atoms with van der Waals surface area (Å²) in [6.45, 7) is 4.53. The molecule has 3 fully saturated rings. The van der Waals surface area contributed by atoms with Gasteiger partial charge in [0, 0.05) is 50.1 Å². The summed E-state index contributed by atoms with van der Waals surface area (Å²) >= 11 is 0. The molecule has 0 unspecified atom stereocenters. The van der Waals surface area contributed by atoms with E-state index in [1.54, 1.807) is 13.2 Å². The topological polar surface area (TPSA) is 85.8 Å². The number of benzene rings is 1. The van der Waals surface area contributed by atoms with Crippen LogP contribution in [0.2, 0.25) is 0 Å². The molecule has 11 heteroatoms. The van der Waals surface area contributed by atoms with Crippen LogP contribution in [0.3, 0.4) is 0 Å². The molecule has 3 saturated heterocycles. The molecule has 1 amide bonds. The largest absolute Gasteiger partial charge is 0.416 e. The number of likely N-dealkylation sites (tertiary alicyclic amines) is 1. The lowest BCUT2D eigenvalue weighted by Gasteiger charge is -2.38. The van der Waals surface area contributed by atoms with Gasteiger partial charge in [-0.15, -0.1) is 0 Å². The van der Waals surface area contributed by atoms with Gasteiger partial charge in [0.2, 0.25) is 0 Å². The van der Waals surface area contributed by atoms with Crippen LogP contribution in [0.15, 0.2) is 30.6 Å². The second-order valence-corrected chi connectivity index (χ2v) is 11.6. The average Bonchev–Trinajstić information content (AvgIpc) is 3.01. The van der Waals surface area contributed by atoms with Crippen LogP contribution in [0.25, 0.3) is 0 Å². The van der Waals surface area contributed by atoms with E-state index >= 15 is 0 Å². The molecule has 0 spiro atoms. The Hall–Kier alpha value is -2.60. The van der Waals surface area contributed by atoms with E-state index in [4.69, 9.17) is 14.2 Å². The average molecular weight is 591 g/mol. The molecule has 230 valence electrons. The van der Waals surface area contributed by atoms with E-state index in [0.717, 1.165) is 56.0 Å². The molecule has 1 aromatic heterocycles. The summed E-state index contributed by atoms with van der Waals surface area (Å²) in [6.07, 6.45) is 3.00. The highest BCUT2D eigenvalue weighted by Crippen LogP contribution is 2.36. The van der Waals surface area contributed by atoms with E-state index in [0.29, 0.717) is 56.3 Å². The molecule has 3 aliphatic rings. The molecule has 4 heterocycles. The second kappa shape index (κ2) is 13.8. The Morgan fingerprint density at radius 3 is 2.71 bits per heavy atom. The van der Waals surface area contributed by atoms with Gasteiger partial charge < -0.3 is 24.4 Å². The molecule has 4 atom stereocenters. The lowest BCUT2D eigenvalue weighted by Crippen LogP contribution is -2.54.